The van der Waals surface area contributed by atoms with E-state index in [0.717, 1.165) is 71.7 Å². The SMILES string of the molecule is CCc1nc2c(C)cc(C)nc2n1Cc1ccc2[nH]c(C(=O)N3CCN(C4CCN(C)CC4)CC3)cc2c1. The van der Waals surface area contributed by atoms with E-state index in [4.69, 9.17) is 9.97 Å². The second-order valence-corrected chi connectivity index (χ2v) is 11.2. The number of H-pyrrole nitrogens is 1. The fourth-order valence-electron chi connectivity index (χ4n) is 6.28. The van der Waals surface area contributed by atoms with Gasteiger partial charge in [-0.05, 0) is 82.2 Å². The molecular formula is C30H39N7O. The van der Waals surface area contributed by atoms with Gasteiger partial charge in [-0.25, -0.2) is 9.97 Å². The Labute approximate surface area is 224 Å². The van der Waals surface area contributed by atoms with Crippen LogP contribution in [0.4, 0.5) is 0 Å². The van der Waals surface area contributed by atoms with Crippen molar-refractivity contribution < 1.29 is 4.79 Å². The number of amides is 1. The van der Waals surface area contributed by atoms with Gasteiger partial charge in [0.05, 0.1) is 6.54 Å². The molecule has 8 heteroatoms. The Hall–Kier alpha value is -3.23. The summed E-state index contributed by atoms with van der Waals surface area (Å²) in [7, 11) is 2.21. The predicted molar refractivity (Wildman–Crippen MR) is 152 cm³/mol. The van der Waals surface area contributed by atoms with Crippen LogP contribution in [0.3, 0.4) is 0 Å². The number of piperazine rings is 1. The molecule has 0 saturated carbocycles. The van der Waals surface area contributed by atoms with Gasteiger partial charge in [0, 0.05) is 55.2 Å². The zero-order chi connectivity index (χ0) is 26.4. The molecule has 200 valence electrons. The molecule has 4 aromatic rings. The lowest BCUT2D eigenvalue weighted by Gasteiger charge is -2.42. The van der Waals surface area contributed by atoms with Gasteiger partial charge in [0.25, 0.3) is 5.91 Å². The average Bonchev–Trinajstić information content (AvgIpc) is 3.50. The number of carbonyl (C=O) groups is 1. The summed E-state index contributed by atoms with van der Waals surface area (Å²) >= 11 is 0. The van der Waals surface area contributed by atoms with Crippen LogP contribution in [0.2, 0.25) is 0 Å². The molecule has 0 spiro atoms. The summed E-state index contributed by atoms with van der Waals surface area (Å²) in [5, 5.41) is 1.07. The minimum Gasteiger partial charge on any atom is -0.351 e. The smallest absolute Gasteiger partial charge is 0.270 e. The number of pyridine rings is 1. The van der Waals surface area contributed by atoms with Crippen molar-refractivity contribution in [2.24, 2.45) is 0 Å². The number of nitrogens with one attached hydrogen (secondary N) is 1. The molecule has 38 heavy (non-hydrogen) atoms. The van der Waals surface area contributed by atoms with E-state index in [9.17, 15) is 4.79 Å². The zero-order valence-corrected chi connectivity index (χ0v) is 23.1. The highest BCUT2D eigenvalue weighted by molar-refractivity contribution is 5.98. The maximum Gasteiger partial charge on any atom is 0.270 e. The number of aromatic amines is 1. The number of benzene rings is 1. The minimum absolute atomic E-state index is 0.106. The van der Waals surface area contributed by atoms with Crippen LogP contribution in [0.15, 0.2) is 30.3 Å². The molecule has 2 aliphatic rings. The van der Waals surface area contributed by atoms with E-state index in [1.165, 1.54) is 31.5 Å². The molecule has 5 heterocycles. The topological polar surface area (TPSA) is 73.3 Å². The molecule has 1 amide bonds. The highest BCUT2D eigenvalue weighted by Gasteiger charge is 2.29. The quantitative estimate of drug-likeness (QED) is 0.437. The summed E-state index contributed by atoms with van der Waals surface area (Å²) in [5.74, 6) is 1.15. The van der Waals surface area contributed by atoms with Gasteiger partial charge in [-0.1, -0.05) is 13.0 Å². The monoisotopic (exact) mass is 513 g/mol. The number of fused-ring (bicyclic) bond motifs is 2. The molecule has 3 aromatic heterocycles. The molecule has 2 fully saturated rings. The summed E-state index contributed by atoms with van der Waals surface area (Å²) in [6.45, 7) is 12.9. The Morgan fingerprint density at radius 2 is 1.76 bits per heavy atom. The molecule has 8 nitrogen and oxygen atoms in total. The summed E-state index contributed by atoms with van der Waals surface area (Å²) in [6.07, 6.45) is 3.32. The lowest BCUT2D eigenvalue weighted by molar-refractivity contribution is 0.0471. The predicted octanol–water partition coefficient (Wildman–Crippen LogP) is 3.99. The molecule has 2 aliphatic heterocycles. The van der Waals surface area contributed by atoms with Gasteiger partial charge in [0.2, 0.25) is 0 Å². The lowest BCUT2D eigenvalue weighted by Crippen LogP contribution is -2.54. The van der Waals surface area contributed by atoms with Crippen LogP contribution in [0, 0.1) is 13.8 Å². The van der Waals surface area contributed by atoms with Crippen LogP contribution in [-0.4, -0.2) is 92.5 Å². The van der Waals surface area contributed by atoms with Crippen molar-refractivity contribution >= 4 is 28.0 Å². The second kappa shape index (κ2) is 10.2. The maximum absolute atomic E-state index is 13.4. The van der Waals surface area contributed by atoms with E-state index in [1.54, 1.807) is 0 Å². The average molecular weight is 514 g/mol. The van der Waals surface area contributed by atoms with Crippen LogP contribution in [0.5, 0.6) is 0 Å². The second-order valence-electron chi connectivity index (χ2n) is 11.2. The van der Waals surface area contributed by atoms with Crippen LogP contribution in [0.1, 0.15) is 52.9 Å². The van der Waals surface area contributed by atoms with E-state index in [2.05, 4.69) is 64.5 Å². The Kier molecular flexibility index (Phi) is 6.70. The lowest BCUT2D eigenvalue weighted by atomic mass is 10.0. The van der Waals surface area contributed by atoms with Crippen LogP contribution in [-0.2, 0) is 13.0 Å². The van der Waals surface area contributed by atoms with Gasteiger partial charge < -0.3 is 19.4 Å². The van der Waals surface area contributed by atoms with E-state index in [0.29, 0.717) is 18.3 Å². The van der Waals surface area contributed by atoms with Gasteiger partial charge >= 0.3 is 0 Å². The Bertz CT molecular complexity index is 1470. The van der Waals surface area contributed by atoms with E-state index < -0.39 is 0 Å². The number of aromatic nitrogens is 4. The van der Waals surface area contributed by atoms with Crippen molar-refractivity contribution in [3.63, 3.8) is 0 Å². The molecule has 0 aliphatic carbocycles. The van der Waals surface area contributed by atoms with E-state index >= 15 is 0 Å². The molecule has 0 unspecified atom stereocenters. The highest BCUT2D eigenvalue weighted by Crippen LogP contribution is 2.24. The number of nitrogens with zero attached hydrogens (tertiary/aromatic N) is 6. The fourth-order valence-corrected chi connectivity index (χ4v) is 6.28. The largest absolute Gasteiger partial charge is 0.351 e. The standard InChI is InChI=1S/C30H39N7O/c1-5-27-33-28-20(2)16-21(3)31-29(28)37(27)19-22-6-7-25-23(17-22)18-26(32-25)30(38)36-14-12-35(13-15-36)24-8-10-34(4)11-9-24/h6-7,16-18,24,32H,5,8-15,19H2,1-4H3. The zero-order valence-electron chi connectivity index (χ0n) is 23.1. The Morgan fingerprint density at radius 1 is 1.00 bits per heavy atom. The van der Waals surface area contributed by atoms with Crippen molar-refractivity contribution in [1.82, 2.24) is 34.2 Å². The first-order valence-corrected chi connectivity index (χ1v) is 14.1. The number of hydrogen-bond acceptors (Lipinski definition) is 5. The Morgan fingerprint density at radius 3 is 2.50 bits per heavy atom. The van der Waals surface area contributed by atoms with E-state index in [1.807, 2.05) is 17.9 Å². The molecule has 0 bridgehead atoms. The van der Waals surface area contributed by atoms with Crippen LogP contribution in [0.25, 0.3) is 22.1 Å². The van der Waals surface area contributed by atoms with Gasteiger partial charge in [0.1, 0.15) is 17.0 Å². The van der Waals surface area contributed by atoms with E-state index in [-0.39, 0.29) is 5.91 Å². The van der Waals surface area contributed by atoms with Gasteiger partial charge in [-0.15, -0.1) is 0 Å². The first kappa shape index (κ1) is 25.1. The summed E-state index contributed by atoms with van der Waals surface area (Å²) < 4.78 is 2.24. The van der Waals surface area contributed by atoms with Gasteiger partial charge in [-0.3, -0.25) is 9.69 Å². The third-order valence-corrected chi connectivity index (χ3v) is 8.48. The number of piperidine rings is 1. The number of aryl methyl sites for hydroxylation is 3. The minimum atomic E-state index is 0.106. The molecule has 1 aromatic carbocycles. The highest BCUT2D eigenvalue weighted by atomic mass is 16.2. The number of imidazole rings is 1. The number of carbonyl (C=O) groups excluding carboxylic acids is 1. The molecule has 6 rings (SSSR count). The van der Waals surface area contributed by atoms with Crippen molar-refractivity contribution in [3.8, 4) is 0 Å². The van der Waals surface area contributed by atoms with Crippen LogP contribution < -0.4 is 0 Å². The van der Waals surface area contributed by atoms with Crippen molar-refractivity contribution in [1.29, 1.82) is 0 Å². The van der Waals surface area contributed by atoms with Crippen LogP contribution >= 0.6 is 0 Å². The first-order chi connectivity index (χ1) is 18.4. The van der Waals surface area contributed by atoms with Gasteiger partial charge in [0.15, 0.2) is 5.65 Å². The Balaban J connectivity index is 1.17. The number of likely N-dealkylation sites (tertiary alicyclic amines) is 1. The molecule has 1 N–H and O–H groups in total. The van der Waals surface area contributed by atoms with Gasteiger partial charge in [-0.2, -0.15) is 0 Å². The number of hydrogen-bond donors (Lipinski definition) is 1. The molecule has 0 radical (unpaired) electrons. The molecule has 0 atom stereocenters. The third kappa shape index (κ3) is 4.71. The molecular weight excluding hydrogens is 474 g/mol. The number of rotatable bonds is 5. The van der Waals surface area contributed by atoms with Crippen molar-refractivity contribution in [3.05, 3.63) is 58.7 Å². The van der Waals surface area contributed by atoms with Crippen molar-refractivity contribution in [2.75, 3.05) is 46.3 Å². The normalized spacial score (nSPS) is 18.2. The van der Waals surface area contributed by atoms with Crippen molar-refractivity contribution in [2.45, 2.75) is 52.6 Å². The molecule has 2 saturated heterocycles. The summed E-state index contributed by atoms with van der Waals surface area (Å²) in [6, 6.07) is 11.2. The maximum atomic E-state index is 13.4. The summed E-state index contributed by atoms with van der Waals surface area (Å²) in [4.78, 5) is 33.5. The summed E-state index contributed by atoms with van der Waals surface area (Å²) in [5.41, 5.74) is 6.96. The fraction of sp³-hybridized carbons (Fsp3) is 0.500. The first-order valence-electron chi connectivity index (χ1n) is 14.1. The third-order valence-electron chi connectivity index (χ3n) is 8.48.